The molecule has 150 valence electrons. The summed E-state index contributed by atoms with van der Waals surface area (Å²) in [6.07, 6.45) is 11.4. The summed E-state index contributed by atoms with van der Waals surface area (Å²) in [4.78, 5) is 31.6. The smallest absolute Gasteiger partial charge is 0.246 e. The van der Waals surface area contributed by atoms with Gasteiger partial charge in [0.25, 0.3) is 0 Å². The van der Waals surface area contributed by atoms with Crippen LogP contribution in [0.25, 0.3) is 10.9 Å². The molecule has 2 aromatic rings. The van der Waals surface area contributed by atoms with Crippen molar-refractivity contribution in [3.63, 3.8) is 0 Å². The summed E-state index contributed by atoms with van der Waals surface area (Å²) in [7, 11) is 1.83. The lowest BCUT2D eigenvalue weighted by Crippen LogP contribution is -2.61. The van der Waals surface area contributed by atoms with Crippen LogP contribution in [0.15, 0.2) is 30.5 Å². The number of benzene rings is 1. The third kappa shape index (κ3) is 3.54. The maximum absolute atomic E-state index is 13.3. The SMILES string of the molecule is CN(C(=O)Cc1c[nH]c2ccccc12)C1(C(=O)NC2CCCC2)CCCCC1. The van der Waals surface area contributed by atoms with Gasteiger partial charge >= 0.3 is 0 Å². The van der Waals surface area contributed by atoms with Gasteiger partial charge in [-0.05, 0) is 37.3 Å². The van der Waals surface area contributed by atoms with Crippen molar-refractivity contribution >= 4 is 22.7 Å². The van der Waals surface area contributed by atoms with Gasteiger partial charge in [0, 0.05) is 30.2 Å². The number of aromatic amines is 1. The molecule has 2 fully saturated rings. The number of carbonyl (C=O) groups is 2. The van der Waals surface area contributed by atoms with Crippen LogP contribution in [-0.4, -0.2) is 40.3 Å². The number of hydrogen-bond donors (Lipinski definition) is 2. The van der Waals surface area contributed by atoms with Gasteiger partial charge in [0.2, 0.25) is 11.8 Å². The van der Waals surface area contributed by atoms with Crippen molar-refractivity contribution in [2.24, 2.45) is 0 Å². The fourth-order valence-corrected chi connectivity index (χ4v) is 5.04. The van der Waals surface area contributed by atoms with Gasteiger partial charge in [0.05, 0.1) is 6.42 Å². The van der Waals surface area contributed by atoms with Crippen LogP contribution in [0, 0.1) is 0 Å². The van der Waals surface area contributed by atoms with Gasteiger partial charge in [0.15, 0.2) is 0 Å². The summed E-state index contributed by atoms with van der Waals surface area (Å²) in [6, 6.07) is 8.32. The van der Waals surface area contributed by atoms with Gasteiger partial charge in [-0.3, -0.25) is 9.59 Å². The molecule has 1 heterocycles. The number of nitrogens with zero attached hydrogens (tertiary/aromatic N) is 1. The Morgan fingerprint density at radius 1 is 1.11 bits per heavy atom. The number of amides is 2. The molecule has 2 amide bonds. The number of para-hydroxylation sites is 1. The summed E-state index contributed by atoms with van der Waals surface area (Å²) in [5.74, 6) is 0.0853. The molecule has 0 unspecified atom stereocenters. The zero-order chi connectivity index (χ0) is 19.6. The first-order valence-corrected chi connectivity index (χ1v) is 10.7. The van der Waals surface area contributed by atoms with E-state index in [1.807, 2.05) is 37.5 Å². The number of nitrogens with one attached hydrogen (secondary N) is 2. The number of fused-ring (bicyclic) bond motifs is 1. The minimum atomic E-state index is -0.690. The normalized spacial score (nSPS) is 19.6. The van der Waals surface area contributed by atoms with E-state index < -0.39 is 5.54 Å². The molecule has 2 aliphatic carbocycles. The van der Waals surface area contributed by atoms with Gasteiger partial charge in [-0.1, -0.05) is 50.3 Å². The van der Waals surface area contributed by atoms with Crippen LogP contribution in [0.5, 0.6) is 0 Å². The molecule has 2 aliphatic rings. The topological polar surface area (TPSA) is 65.2 Å². The first kappa shape index (κ1) is 19.0. The van der Waals surface area contributed by atoms with Crippen LogP contribution in [-0.2, 0) is 16.0 Å². The fourth-order valence-electron chi connectivity index (χ4n) is 5.04. The Kier molecular flexibility index (Phi) is 5.42. The average Bonchev–Trinajstić information content (AvgIpc) is 3.38. The van der Waals surface area contributed by atoms with E-state index in [9.17, 15) is 9.59 Å². The molecule has 0 aliphatic heterocycles. The Bertz CT molecular complexity index is 844. The lowest BCUT2D eigenvalue weighted by atomic mass is 9.79. The maximum Gasteiger partial charge on any atom is 0.246 e. The Morgan fingerprint density at radius 2 is 1.82 bits per heavy atom. The highest BCUT2D eigenvalue weighted by atomic mass is 16.2. The van der Waals surface area contributed by atoms with E-state index in [2.05, 4.69) is 10.3 Å². The zero-order valence-corrected chi connectivity index (χ0v) is 16.8. The van der Waals surface area contributed by atoms with E-state index in [4.69, 9.17) is 0 Å². The van der Waals surface area contributed by atoms with Gasteiger partial charge in [-0.2, -0.15) is 0 Å². The highest BCUT2D eigenvalue weighted by Crippen LogP contribution is 2.35. The Balaban J connectivity index is 1.53. The van der Waals surface area contributed by atoms with E-state index in [1.165, 1.54) is 12.8 Å². The summed E-state index contributed by atoms with van der Waals surface area (Å²) >= 11 is 0. The van der Waals surface area contributed by atoms with Crippen molar-refractivity contribution in [3.05, 3.63) is 36.0 Å². The predicted molar refractivity (Wildman–Crippen MR) is 111 cm³/mol. The second-order valence-corrected chi connectivity index (χ2v) is 8.54. The number of H-pyrrole nitrogens is 1. The minimum Gasteiger partial charge on any atom is -0.361 e. The van der Waals surface area contributed by atoms with E-state index in [1.54, 1.807) is 4.90 Å². The molecule has 0 saturated heterocycles. The predicted octanol–water partition coefficient (Wildman–Crippen LogP) is 3.93. The van der Waals surface area contributed by atoms with Gasteiger partial charge < -0.3 is 15.2 Å². The third-order valence-corrected chi connectivity index (χ3v) is 6.83. The number of likely N-dealkylation sites (N-methyl/N-ethyl adjacent to an activating group) is 1. The summed E-state index contributed by atoms with van der Waals surface area (Å²) in [5.41, 5.74) is 1.35. The molecule has 1 aromatic heterocycles. The lowest BCUT2D eigenvalue weighted by molar-refractivity contribution is -0.148. The number of hydrogen-bond acceptors (Lipinski definition) is 2. The first-order valence-electron chi connectivity index (χ1n) is 10.7. The highest BCUT2D eigenvalue weighted by molar-refractivity contribution is 5.94. The van der Waals surface area contributed by atoms with Crippen LogP contribution >= 0.6 is 0 Å². The van der Waals surface area contributed by atoms with Crippen molar-refractivity contribution in [3.8, 4) is 0 Å². The number of carbonyl (C=O) groups excluding carboxylic acids is 2. The van der Waals surface area contributed by atoms with Crippen molar-refractivity contribution in [1.82, 2.24) is 15.2 Å². The van der Waals surface area contributed by atoms with Gasteiger partial charge in [-0.25, -0.2) is 0 Å². The standard InChI is InChI=1S/C23H31N3O2/c1-26(21(27)15-17-16-24-20-12-6-5-11-19(17)20)23(13-7-2-8-14-23)22(28)25-18-9-3-4-10-18/h5-6,11-12,16,18,24H,2-4,7-10,13-15H2,1H3,(H,25,28). The fraction of sp³-hybridized carbons (Fsp3) is 0.565. The molecule has 0 spiro atoms. The summed E-state index contributed by atoms with van der Waals surface area (Å²) in [6.45, 7) is 0. The first-order chi connectivity index (χ1) is 13.6. The average molecular weight is 382 g/mol. The van der Waals surface area contributed by atoms with Crippen LogP contribution in [0.2, 0.25) is 0 Å². The van der Waals surface area contributed by atoms with E-state index in [0.29, 0.717) is 6.42 Å². The molecule has 5 heteroatoms. The monoisotopic (exact) mass is 381 g/mol. The molecular formula is C23H31N3O2. The highest BCUT2D eigenvalue weighted by Gasteiger charge is 2.45. The molecule has 5 nitrogen and oxygen atoms in total. The minimum absolute atomic E-state index is 0.0215. The van der Waals surface area contributed by atoms with E-state index >= 15 is 0 Å². The summed E-state index contributed by atoms with van der Waals surface area (Å²) < 4.78 is 0. The molecule has 0 bridgehead atoms. The molecule has 28 heavy (non-hydrogen) atoms. The largest absolute Gasteiger partial charge is 0.361 e. The van der Waals surface area contributed by atoms with Crippen molar-refractivity contribution in [1.29, 1.82) is 0 Å². The molecule has 2 saturated carbocycles. The lowest BCUT2D eigenvalue weighted by Gasteiger charge is -2.43. The molecule has 0 radical (unpaired) electrons. The van der Waals surface area contributed by atoms with Crippen molar-refractivity contribution < 1.29 is 9.59 Å². The third-order valence-electron chi connectivity index (χ3n) is 6.83. The molecule has 2 N–H and O–H groups in total. The second-order valence-electron chi connectivity index (χ2n) is 8.54. The molecule has 0 atom stereocenters. The van der Waals surface area contributed by atoms with Crippen LogP contribution in [0.3, 0.4) is 0 Å². The number of aromatic nitrogens is 1. The van der Waals surface area contributed by atoms with Crippen molar-refractivity contribution in [2.45, 2.75) is 75.8 Å². The number of rotatable bonds is 5. The van der Waals surface area contributed by atoms with Gasteiger partial charge in [-0.15, -0.1) is 0 Å². The second kappa shape index (κ2) is 7.98. The Hall–Kier alpha value is -2.30. The molecular weight excluding hydrogens is 350 g/mol. The van der Waals surface area contributed by atoms with Crippen LogP contribution < -0.4 is 5.32 Å². The Morgan fingerprint density at radius 3 is 2.57 bits per heavy atom. The zero-order valence-electron chi connectivity index (χ0n) is 16.8. The van der Waals surface area contributed by atoms with E-state index in [-0.39, 0.29) is 17.9 Å². The van der Waals surface area contributed by atoms with Crippen LogP contribution in [0.4, 0.5) is 0 Å². The van der Waals surface area contributed by atoms with Crippen molar-refractivity contribution in [2.75, 3.05) is 7.05 Å². The van der Waals surface area contributed by atoms with E-state index in [0.717, 1.165) is 61.4 Å². The molecule has 1 aromatic carbocycles. The Labute approximate surface area is 166 Å². The maximum atomic E-state index is 13.3. The van der Waals surface area contributed by atoms with Crippen LogP contribution in [0.1, 0.15) is 63.4 Å². The quantitative estimate of drug-likeness (QED) is 0.824. The molecule has 4 rings (SSSR count). The van der Waals surface area contributed by atoms with Gasteiger partial charge in [0.1, 0.15) is 5.54 Å². The summed E-state index contributed by atoms with van der Waals surface area (Å²) in [5, 5.41) is 4.36.